The molecule has 3 N–H and O–H groups in total. The number of anilines is 1. The summed E-state index contributed by atoms with van der Waals surface area (Å²) >= 11 is 0. The van der Waals surface area contributed by atoms with Crippen molar-refractivity contribution in [3.05, 3.63) is 53.2 Å². The van der Waals surface area contributed by atoms with E-state index < -0.39 is 12.1 Å². The van der Waals surface area contributed by atoms with Gasteiger partial charge in [0.25, 0.3) is 0 Å². The number of hydrazine groups is 1. The van der Waals surface area contributed by atoms with Gasteiger partial charge < -0.3 is 19.6 Å². The lowest BCUT2D eigenvalue weighted by atomic mass is 9.86. The number of piperidine rings is 1. The maximum absolute atomic E-state index is 14.0. The number of amides is 3. The molecule has 3 aliphatic rings. The van der Waals surface area contributed by atoms with E-state index >= 15 is 0 Å². The number of aromatic nitrogens is 1. The van der Waals surface area contributed by atoms with Crippen molar-refractivity contribution in [1.29, 1.82) is 0 Å². The molecule has 1 aromatic carbocycles. The van der Waals surface area contributed by atoms with Crippen LogP contribution in [0.2, 0.25) is 0 Å². The molecule has 1 aromatic heterocycles. The normalized spacial score (nSPS) is 19.8. The van der Waals surface area contributed by atoms with Gasteiger partial charge in [0, 0.05) is 44.3 Å². The Morgan fingerprint density at radius 2 is 1.95 bits per heavy atom. The first kappa shape index (κ1) is 25.4. The van der Waals surface area contributed by atoms with Crippen LogP contribution in [0.15, 0.2) is 36.4 Å². The Kier molecular flexibility index (Phi) is 7.32. The quantitative estimate of drug-likeness (QED) is 0.522. The molecule has 10 nitrogen and oxygen atoms in total. The smallest absolute Gasteiger partial charge is 0.326 e. The molecule has 37 heavy (non-hydrogen) atoms. The van der Waals surface area contributed by atoms with Gasteiger partial charge in [0.2, 0.25) is 5.91 Å². The molecule has 10 heteroatoms. The number of hydrogen-bond donors (Lipinski definition) is 3. The number of carbonyl (C=O) groups is 2. The number of ether oxygens (including phenoxy) is 1. The maximum Gasteiger partial charge on any atom is 0.326 e. The standard InChI is InChI=1S/C27H36N6O4/c1-3-23-22(20-14-28-29-15-20)7-8-24(30-23)32-18-27(9-11-31(12-10-27)25(35)17-34)33(26(32)36)16-19-5-4-6-21(13-19)37-2/h4-8,13,20,28-29,34H,3,9-12,14-18H2,1-2H3. The van der Waals surface area contributed by atoms with Crippen LogP contribution in [0.3, 0.4) is 0 Å². The average molecular weight is 509 g/mol. The summed E-state index contributed by atoms with van der Waals surface area (Å²) in [6.07, 6.45) is 2.07. The number of nitrogens with one attached hydrogen (secondary N) is 2. The van der Waals surface area contributed by atoms with Gasteiger partial charge in [-0.25, -0.2) is 9.78 Å². The molecule has 5 rings (SSSR count). The number of urea groups is 1. The molecule has 198 valence electrons. The second kappa shape index (κ2) is 10.6. The molecule has 0 saturated carbocycles. The van der Waals surface area contributed by atoms with E-state index in [0.717, 1.165) is 36.5 Å². The van der Waals surface area contributed by atoms with Gasteiger partial charge >= 0.3 is 6.03 Å². The molecular formula is C27H36N6O4. The highest BCUT2D eigenvalue weighted by molar-refractivity contribution is 5.94. The van der Waals surface area contributed by atoms with E-state index in [2.05, 4.69) is 23.8 Å². The fourth-order valence-corrected chi connectivity index (χ4v) is 5.85. The van der Waals surface area contributed by atoms with E-state index in [1.807, 2.05) is 35.2 Å². The van der Waals surface area contributed by atoms with Gasteiger partial charge in [-0.3, -0.25) is 20.5 Å². The molecule has 2 aromatic rings. The number of benzene rings is 1. The number of carbonyl (C=O) groups excluding carboxylic acids is 2. The average Bonchev–Trinajstić information content (AvgIpc) is 3.56. The fraction of sp³-hybridized carbons (Fsp3) is 0.519. The van der Waals surface area contributed by atoms with E-state index in [1.165, 1.54) is 5.56 Å². The van der Waals surface area contributed by atoms with Gasteiger partial charge in [-0.2, -0.15) is 0 Å². The Balaban J connectivity index is 1.45. The van der Waals surface area contributed by atoms with E-state index in [9.17, 15) is 14.7 Å². The zero-order valence-corrected chi connectivity index (χ0v) is 21.6. The van der Waals surface area contributed by atoms with Crippen molar-refractivity contribution in [2.75, 3.05) is 51.3 Å². The second-order valence-corrected chi connectivity index (χ2v) is 10.1. The summed E-state index contributed by atoms with van der Waals surface area (Å²) in [4.78, 5) is 36.5. The van der Waals surface area contributed by atoms with Crippen LogP contribution in [0.5, 0.6) is 5.75 Å². The number of pyridine rings is 1. The van der Waals surface area contributed by atoms with Crippen molar-refractivity contribution in [1.82, 2.24) is 25.6 Å². The Morgan fingerprint density at radius 3 is 2.62 bits per heavy atom. The Bertz CT molecular complexity index is 1140. The number of hydrogen-bond acceptors (Lipinski definition) is 7. The molecule has 3 saturated heterocycles. The van der Waals surface area contributed by atoms with Crippen LogP contribution >= 0.6 is 0 Å². The summed E-state index contributed by atoms with van der Waals surface area (Å²) in [5, 5.41) is 9.33. The molecule has 0 aliphatic carbocycles. The third-order valence-corrected chi connectivity index (χ3v) is 8.01. The van der Waals surface area contributed by atoms with Crippen LogP contribution in [-0.4, -0.2) is 83.8 Å². The zero-order chi connectivity index (χ0) is 26.0. The van der Waals surface area contributed by atoms with Crippen molar-refractivity contribution in [3.8, 4) is 5.75 Å². The third kappa shape index (κ3) is 4.88. The summed E-state index contributed by atoms with van der Waals surface area (Å²) < 4.78 is 5.40. The number of aliphatic hydroxyl groups is 1. The van der Waals surface area contributed by atoms with Crippen molar-refractivity contribution >= 4 is 17.8 Å². The van der Waals surface area contributed by atoms with Crippen molar-refractivity contribution in [2.24, 2.45) is 0 Å². The first-order valence-corrected chi connectivity index (χ1v) is 13.0. The predicted octanol–water partition coefficient (Wildman–Crippen LogP) is 1.64. The lowest BCUT2D eigenvalue weighted by molar-refractivity contribution is -0.136. The fourth-order valence-electron chi connectivity index (χ4n) is 5.85. The SMILES string of the molecule is CCc1nc(N2CC3(CCN(C(=O)CO)CC3)N(Cc3cccc(OC)c3)C2=O)ccc1C1CNNC1. The van der Waals surface area contributed by atoms with Crippen LogP contribution in [0, 0.1) is 0 Å². The Hall–Kier alpha value is -3.21. The summed E-state index contributed by atoms with van der Waals surface area (Å²) in [5.74, 6) is 1.51. The Labute approximate surface area is 217 Å². The summed E-state index contributed by atoms with van der Waals surface area (Å²) in [7, 11) is 1.63. The molecule has 0 bridgehead atoms. The Morgan fingerprint density at radius 1 is 1.19 bits per heavy atom. The van der Waals surface area contributed by atoms with E-state index in [0.29, 0.717) is 50.8 Å². The molecule has 3 aliphatic heterocycles. The van der Waals surface area contributed by atoms with E-state index in [1.54, 1.807) is 16.9 Å². The molecule has 0 atom stereocenters. The minimum Gasteiger partial charge on any atom is -0.497 e. The first-order valence-electron chi connectivity index (χ1n) is 13.0. The maximum atomic E-state index is 14.0. The summed E-state index contributed by atoms with van der Waals surface area (Å²) in [5.41, 5.74) is 9.17. The van der Waals surface area contributed by atoms with Gasteiger partial charge in [0.15, 0.2) is 0 Å². The molecular weight excluding hydrogens is 472 g/mol. The van der Waals surface area contributed by atoms with E-state index in [4.69, 9.17) is 9.72 Å². The van der Waals surface area contributed by atoms with Crippen molar-refractivity contribution in [3.63, 3.8) is 0 Å². The minimum absolute atomic E-state index is 0.0729. The molecule has 4 heterocycles. The third-order valence-electron chi connectivity index (χ3n) is 8.01. The highest BCUT2D eigenvalue weighted by Crippen LogP contribution is 2.39. The predicted molar refractivity (Wildman–Crippen MR) is 139 cm³/mol. The van der Waals surface area contributed by atoms with Crippen LogP contribution in [0.25, 0.3) is 0 Å². The number of nitrogens with zero attached hydrogens (tertiary/aromatic N) is 4. The highest BCUT2D eigenvalue weighted by Gasteiger charge is 2.52. The second-order valence-electron chi connectivity index (χ2n) is 10.1. The van der Waals surface area contributed by atoms with Crippen LogP contribution in [-0.2, 0) is 17.8 Å². The molecule has 3 fully saturated rings. The van der Waals surface area contributed by atoms with Crippen molar-refractivity contribution in [2.45, 2.75) is 44.2 Å². The largest absolute Gasteiger partial charge is 0.497 e. The van der Waals surface area contributed by atoms with Crippen LogP contribution in [0.1, 0.15) is 42.5 Å². The van der Waals surface area contributed by atoms with Gasteiger partial charge in [0.05, 0.1) is 19.2 Å². The lowest BCUT2D eigenvalue weighted by Crippen LogP contribution is -2.55. The zero-order valence-electron chi connectivity index (χ0n) is 21.6. The highest BCUT2D eigenvalue weighted by atomic mass is 16.5. The molecule has 3 amide bonds. The van der Waals surface area contributed by atoms with Gasteiger partial charge in [0.1, 0.15) is 18.2 Å². The molecule has 0 unspecified atom stereocenters. The number of likely N-dealkylation sites (tertiary alicyclic amines) is 1. The lowest BCUT2D eigenvalue weighted by Gasteiger charge is -2.43. The summed E-state index contributed by atoms with van der Waals surface area (Å²) in [6, 6.07) is 11.8. The van der Waals surface area contributed by atoms with Gasteiger partial charge in [-0.15, -0.1) is 0 Å². The number of aryl methyl sites for hydroxylation is 1. The van der Waals surface area contributed by atoms with Gasteiger partial charge in [-0.05, 0) is 48.6 Å². The summed E-state index contributed by atoms with van der Waals surface area (Å²) in [6.45, 7) is 5.29. The molecule has 1 spiro atoms. The topological polar surface area (TPSA) is 110 Å². The van der Waals surface area contributed by atoms with E-state index in [-0.39, 0.29) is 11.9 Å². The minimum atomic E-state index is -0.492. The first-order chi connectivity index (χ1) is 18.0. The molecule has 0 radical (unpaired) electrons. The van der Waals surface area contributed by atoms with Gasteiger partial charge in [-0.1, -0.05) is 25.1 Å². The number of methoxy groups -OCH3 is 1. The number of rotatable bonds is 7. The van der Waals surface area contributed by atoms with Crippen LogP contribution in [0.4, 0.5) is 10.6 Å². The number of aliphatic hydroxyl groups excluding tert-OH is 1. The monoisotopic (exact) mass is 508 g/mol. The van der Waals surface area contributed by atoms with Crippen LogP contribution < -0.4 is 20.5 Å². The van der Waals surface area contributed by atoms with Crippen molar-refractivity contribution < 1.29 is 19.4 Å².